The molecule has 1 heterocycles. The summed E-state index contributed by atoms with van der Waals surface area (Å²) in [4.78, 5) is 0. The number of benzene rings is 1. The van der Waals surface area contributed by atoms with E-state index >= 15 is 0 Å². The molecule has 0 amide bonds. The van der Waals surface area contributed by atoms with Crippen molar-refractivity contribution in [1.82, 2.24) is 0 Å². The monoisotopic (exact) mass is 175 g/mol. The quantitative estimate of drug-likeness (QED) is 0.761. The molecule has 0 saturated carbocycles. The first-order valence-electron chi connectivity index (χ1n) is 4.55. The molecule has 0 aliphatic carbocycles. The highest BCUT2D eigenvalue weighted by atomic mass is 16.3. The highest BCUT2D eigenvalue weighted by Gasteiger charge is 2.01. The van der Waals surface area contributed by atoms with Crippen LogP contribution in [0.1, 0.15) is 18.2 Å². The van der Waals surface area contributed by atoms with E-state index in [0.29, 0.717) is 6.54 Å². The van der Waals surface area contributed by atoms with Crippen molar-refractivity contribution in [2.75, 3.05) is 0 Å². The maximum absolute atomic E-state index is 5.60. The summed E-state index contributed by atoms with van der Waals surface area (Å²) in [5, 5.41) is 1.16. The van der Waals surface area contributed by atoms with Gasteiger partial charge in [0, 0.05) is 18.4 Å². The molecule has 0 aliphatic heterocycles. The molecular formula is C11H13NO. The average molecular weight is 175 g/mol. The first-order valence-corrected chi connectivity index (χ1v) is 4.55. The Kier molecular flexibility index (Phi) is 2.07. The van der Waals surface area contributed by atoms with E-state index in [1.54, 1.807) is 0 Å². The Morgan fingerprint density at radius 1 is 1.31 bits per heavy atom. The van der Waals surface area contributed by atoms with Gasteiger partial charge in [0.15, 0.2) is 0 Å². The topological polar surface area (TPSA) is 39.2 Å². The van der Waals surface area contributed by atoms with Crippen LogP contribution >= 0.6 is 0 Å². The molecule has 0 spiro atoms. The van der Waals surface area contributed by atoms with Gasteiger partial charge < -0.3 is 10.2 Å². The Morgan fingerprint density at radius 3 is 2.85 bits per heavy atom. The van der Waals surface area contributed by atoms with Gasteiger partial charge in [0.2, 0.25) is 0 Å². The molecule has 68 valence electrons. The first kappa shape index (κ1) is 8.32. The van der Waals surface area contributed by atoms with E-state index in [2.05, 4.69) is 19.1 Å². The molecule has 0 radical (unpaired) electrons. The van der Waals surface area contributed by atoms with Crippen molar-refractivity contribution >= 4 is 11.0 Å². The number of rotatable bonds is 2. The van der Waals surface area contributed by atoms with Crippen LogP contribution in [0.5, 0.6) is 0 Å². The molecule has 2 rings (SSSR count). The molecule has 0 fully saturated rings. The molecule has 0 bridgehead atoms. The van der Waals surface area contributed by atoms with Crippen molar-refractivity contribution < 1.29 is 4.42 Å². The lowest BCUT2D eigenvalue weighted by Crippen LogP contribution is -1.94. The summed E-state index contributed by atoms with van der Waals surface area (Å²) < 4.78 is 5.60. The standard InChI is InChI=1S/C11H13NO/c1-2-10-6-9-4-3-8(7-12)5-11(9)13-10/h3-6H,2,7,12H2,1H3. The lowest BCUT2D eigenvalue weighted by Gasteiger charge is -1.94. The summed E-state index contributed by atoms with van der Waals surface area (Å²) in [7, 11) is 0. The molecule has 0 aliphatic rings. The summed E-state index contributed by atoms with van der Waals surface area (Å²) in [6.07, 6.45) is 0.937. The third-order valence-corrected chi connectivity index (χ3v) is 2.22. The Bertz CT molecular complexity index is 415. The van der Waals surface area contributed by atoms with Gasteiger partial charge in [-0.1, -0.05) is 19.1 Å². The number of hydrogen-bond donors (Lipinski definition) is 1. The molecule has 13 heavy (non-hydrogen) atoms. The van der Waals surface area contributed by atoms with Gasteiger partial charge in [-0.15, -0.1) is 0 Å². The average Bonchev–Trinajstić information content (AvgIpc) is 2.58. The van der Waals surface area contributed by atoms with Crippen molar-refractivity contribution in [2.24, 2.45) is 5.73 Å². The SMILES string of the molecule is CCc1cc2ccc(CN)cc2o1. The molecule has 0 saturated heterocycles. The van der Waals surface area contributed by atoms with Crippen molar-refractivity contribution in [1.29, 1.82) is 0 Å². The zero-order chi connectivity index (χ0) is 9.26. The van der Waals surface area contributed by atoms with Crippen LogP contribution in [-0.4, -0.2) is 0 Å². The second-order valence-electron chi connectivity index (χ2n) is 3.14. The predicted molar refractivity (Wildman–Crippen MR) is 53.5 cm³/mol. The van der Waals surface area contributed by atoms with Crippen LogP contribution in [0.4, 0.5) is 0 Å². The van der Waals surface area contributed by atoms with E-state index in [1.165, 1.54) is 0 Å². The lowest BCUT2D eigenvalue weighted by atomic mass is 10.2. The first-order chi connectivity index (χ1) is 6.33. The third-order valence-electron chi connectivity index (χ3n) is 2.22. The minimum Gasteiger partial charge on any atom is -0.461 e. The van der Waals surface area contributed by atoms with Gasteiger partial charge in [-0.3, -0.25) is 0 Å². The van der Waals surface area contributed by atoms with E-state index in [1.807, 2.05) is 12.1 Å². The number of nitrogens with two attached hydrogens (primary N) is 1. The van der Waals surface area contributed by atoms with Gasteiger partial charge in [-0.05, 0) is 17.7 Å². The van der Waals surface area contributed by atoms with Crippen molar-refractivity contribution in [3.8, 4) is 0 Å². The minimum absolute atomic E-state index is 0.568. The number of fused-ring (bicyclic) bond motifs is 1. The van der Waals surface area contributed by atoms with Gasteiger partial charge in [0.05, 0.1) is 0 Å². The summed E-state index contributed by atoms with van der Waals surface area (Å²) in [5.41, 5.74) is 7.60. The number of aryl methyl sites for hydroxylation is 1. The van der Waals surface area contributed by atoms with E-state index in [4.69, 9.17) is 10.2 Å². The lowest BCUT2D eigenvalue weighted by molar-refractivity contribution is 0.556. The van der Waals surface area contributed by atoms with Crippen molar-refractivity contribution in [2.45, 2.75) is 19.9 Å². The second kappa shape index (κ2) is 3.23. The zero-order valence-electron chi connectivity index (χ0n) is 7.71. The molecular weight excluding hydrogens is 162 g/mol. The minimum atomic E-state index is 0.568. The van der Waals surface area contributed by atoms with Crippen molar-refractivity contribution in [3.05, 3.63) is 35.6 Å². The number of furan rings is 1. The zero-order valence-corrected chi connectivity index (χ0v) is 7.71. The highest BCUT2D eigenvalue weighted by molar-refractivity contribution is 5.78. The van der Waals surface area contributed by atoms with E-state index in [0.717, 1.165) is 28.7 Å². The normalized spacial score (nSPS) is 10.9. The van der Waals surface area contributed by atoms with Crippen LogP contribution in [0, 0.1) is 0 Å². The van der Waals surface area contributed by atoms with Gasteiger partial charge in [0.1, 0.15) is 11.3 Å². The van der Waals surface area contributed by atoms with E-state index < -0.39 is 0 Å². The molecule has 2 aromatic rings. The summed E-state index contributed by atoms with van der Waals surface area (Å²) in [5.74, 6) is 1.03. The van der Waals surface area contributed by atoms with Crippen LogP contribution in [0.2, 0.25) is 0 Å². The highest BCUT2D eigenvalue weighted by Crippen LogP contribution is 2.20. The largest absolute Gasteiger partial charge is 0.461 e. The van der Waals surface area contributed by atoms with Crippen LogP contribution in [-0.2, 0) is 13.0 Å². The fraction of sp³-hybridized carbons (Fsp3) is 0.273. The Hall–Kier alpha value is -1.28. The fourth-order valence-electron chi connectivity index (χ4n) is 1.43. The van der Waals surface area contributed by atoms with Crippen LogP contribution < -0.4 is 5.73 Å². The van der Waals surface area contributed by atoms with Gasteiger partial charge in [-0.25, -0.2) is 0 Å². The Morgan fingerprint density at radius 2 is 2.15 bits per heavy atom. The predicted octanol–water partition coefficient (Wildman–Crippen LogP) is 2.45. The van der Waals surface area contributed by atoms with Crippen LogP contribution in [0.15, 0.2) is 28.7 Å². The molecule has 1 aromatic heterocycles. The molecule has 1 aromatic carbocycles. The Balaban J connectivity index is 2.57. The van der Waals surface area contributed by atoms with Crippen LogP contribution in [0.25, 0.3) is 11.0 Å². The van der Waals surface area contributed by atoms with E-state index in [-0.39, 0.29) is 0 Å². The molecule has 2 heteroatoms. The second-order valence-corrected chi connectivity index (χ2v) is 3.14. The maximum atomic E-state index is 5.60. The van der Waals surface area contributed by atoms with Gasteiger partial charge in [0.25, 0.3) is 0 Å². The maximum Gasteiger partial charge on any atom is 0.134 e. The van der Waals surface area contributed by atoms with Crippen LogP contribution in [0.3, 0.4) is 0 Å². The van der Waals surface area contributed by atoms with Gasteiger partial charge >= 0.3 is 0 Å². The van der Waals surface area contributed by atoms with Gasteiger partial charge in [-0.2, -0.15) is 0 Å². The Labute approximate surface area is 77.3 Å². The molecule has 2 N–H and O–H groups in total. The number of hydrogen-bond acceptors (Lipinski definition) is 2. The summed E-state index contributed by atoms with van der Waals surface area (Å²) >= 11 is 0. The molecule has 0 unspecified atom stereocenters. The summed E-state index contributed by atoms with van der Waals surface area (Å²) in [6.45, 7) is 2.65. The van der Waals surface area contributed by atoms with Crippen molar-refractivity contribution in [3.63, 3.8) is 0 Å². The smallest absolute Gasteiger partial charge is 0.134 e. The third kappa shape index (κ3) is 1.45. The fourth-order valence-corrected chi connectivity index (χ4v) is 1.43. The summed E-state index contributed by atoms with van der Waals surface area (Å²) in [6, 6.07) is 8.18. The molecule has 0 atom stereocenters. The van der Waals surface area contributed by atoms with E-state index in [9.17, 15) is 0 Å². The molecule has 2 nitrogen and oxygen atoms in total.